The van der Waals surface area contributed by atoms with Crippen LogP contribution in [0.1, 0.15) is 11.1 Å². The molecule has 0 aromatic carbocycles. The number of aliphatic carboxylic acids is 1. The number of nitrogens with zero attached hydrogens (tertiary/aromatic N) is 1. The van der Waals surface area contributed by atoms with Gasteiger partial charge in [0, 0.05) is 11.6 Å². The first-order valence-corrected chi connectivity index (χ1v) is 6.22. The number of nitrogens with two attached hydrogens (primary N) is 2. The van der Waals surface area contributed by atoms with Crippen LogP contribution in [-0.4, -0.2) is 26.4 Å². The maximum absolute atomic E-state index is 11.4. The number of thiol groups is 1. The highest BCUT2D eigenvalue weighted by Gasteiger charge is 2.37. The Morgan fingerprint density at radius 1 is 1.44 bits per heavy atom. The Morgan fingerprint density at radius 3 is 2.56 bits per heavy atom. The number of carbonyl (C=O) groups is 2. The molecular formula is C10H11N3O4S. The molecule has 8 heteroatoms. The zero-order valence-electron chi connectivity index (χ0n) is 9.34. The number of hydrogen-bond acceptors (Lipinski definition) is 5. The number of aromatic hydroxyl groups is 1. The molecule has 18 heavy (non-hydrogen) atoms. The number of amides is 1. The van der Waals surface area contributed by atoms with Crippen LogP contribution >= 0.6 is 10.9 Å². The molecule has 0 fully saturated rings. The summed E-state index contributed by atoms with van der Waals surface area (Å²) in [5.74, 6) is -1.59. The molecule has 1 unspecified atom stereocenters. The van der Waals surface area contributed by atoms with Crippen molar-refractivity contribution in [3.63, 3.8) is 0 Å². The Hall–Kier alpha value is -2.22. The number of primary amides is 1. The summed E-state index contributed by atoms with van der Waals surface area (Å²) in [5, 5.41) is 17.9. The van der Waals surface area contributed by atoms with Gasteiger partial charge < -0.3 is 21.7 Å². The first-order chi connectivity index (χ1) is 8.34. The van der Waals surface area contributed by atoms with Crippen LogP contribution < -0.4 is 11.5 Å². The maximum Gasteiger partial charge on any atom is 0.343 e. The normalized spacial score (nSPS) is 19.7. The molecule has 0 spiro atoms. The zero-order chi connectivity index (χ0) is 13.6. The van der Waals surface area contributed by atoms with Crippen LogP contribution in [0.15, 0.2) is 16.0 Å². The molecule has 0 bridgehead atoms. The summed E-state index contributed by atoms with van der Waals surface area (Å²) in [6, 6.07) is 1.35. The van der Waals surface area contributed by atoms with Gasteiger partial charge in [-0.05, 0) is 12.5 Å². The van der Waals surface area contributed by atoms with Crippen LogP contribution in [0.3, 0.4) is 0 Å². The number of rotatable bonds is 1. The largest absolute Gasteiger partial charge is 0.493 e. The number of carboxylic acid groups (broad SMARTS) is 1. The van der Waals surface area contributed by atoms with Crippen LogP contribution in [0.2, 0.25) is 0 Å². The van der Waals surface area contributed by atoms with E-state index in [1.807, 2.05) is 0 Å². The van der Waals surface area contributed by atoms with Gasteiger partial charge in [0.25, 0.3) is 5.24 Å². The van der Waals surface area contributed by atoms with Gasteiger partial charge in [0.2, 0.25) is 5.88 Å². The lowest BCUT2D eigenvalue weighted by Gasteiger charge is -2.13. The Kier molecular flexibility index (Phi) is 2.66. The van der Waals surface area contributed by atoms with E-state index in [1.165, 1.54) is 6.07 Å². The van der Waals surface area contributed by atoms with Crippen molar-refractivity contribution in [2.45, 2.75) is 11.9 Å². The summed E-state index contributed by atoms with van der Waals surface area (Å²) in [5.41, 5.74) is 11.9. The van der Waals surface area contributed by atoms with Gasteiger partial charge in [-0.1, -0.05) is 10.9 Å². The van der Waals surface area contributed by atoms with Gasteiger partial charge in [-0.2, -0.15) is 0 Å². The molecule has 96 valence electrons. The molecule has 2 rings (SSSR count). The molecule has 6 N–H and O–H groups in total. The smallest absolute Gasteiger partial charge is 0.343 e. The van der Waals surface area contributed by atoms with Crippen LogP contribution in [0, 0.1) is 6.92 Å². The summed E-state index contributed by atoms with van der Waals surface area (Å²) in [7, 11) is -1.97. The van der Waals surface area contributed by atoms with E-state index in [0.717, 1.165) is 0 Å². The highest BCUT2D eigenvalue weighted by molar-refractivity contribution is 8.33. The molecule has 1 aromatic heterocycles. The second-order valence-electron chi connectivity index (χ2n) is 3.74. The van der Waals surface area contributed by atoms with Crippen molar-refractivity contribution < 1.29 is 19.8 Å². The Morgan fingerprint density at radius 2 is 2.06 bits per heavy atom. The number of aryl methyl sites for hydroxylation is 1. The standard InChI is InChI=1S/C10H11N3O4S/c1-3-2-4(14)13-8-5(3)6(11)7(9(15)16)18(8)10(12)17/h2,18H,11H2,1H3,(H2,12,17)(H,13,14)(H,15,16). The average Bonchev–Trinajstić information content (AvgIpc) is 2.51. The van der Waals surface area contributed by atoms with E-state index in [4.69, 9.17) is 16.6 Å². The van der Waals surface area contributed by atoms with E-state index in [0.29, 0.717) is 11.1 Å². The summed E-state index contributed by atoms with van der Waals surface area (Å²) in [6.07, 6.45) is 0. The maximum atomic E-state index is 11.4. The van der Waals surface area contributed by atoms with Crippen molar-refractivity contribution in [1.82, 2.24) is 4.98 Å². The van der Waals surface area contributed by atoms with Crippen molar-refractivity contribution in [2.75, 3.05) is 0 Å². The first-order valence-electron chi connectivity index (χ1n) is 4.88. The molecular weight excluding hydrogens is 258 g/mol. The fourth-order valence-electron chi connectivity index (χ4n) is 1.90. The van der Waals surface area contributed by atoms with E-state index < -0.39 is 22.1 Å². The molecule has 1 aliphatic heterocycles. The van der Waals surface area contributed by atoms with E-state index in [2.05, 4.69) is 4.98 Å². The summed E-state index contributed by atoms with van der Waals surface area (Å²) in [4.78, 5) is 26.2. The van der Waals surface area contributed by atoms with E-state index in [-0.39, 0.29) is 21.5 Å². The van der Waals surface area contributed by atoms with Gasteiger partial charge in [0.1, 0.15) is 9.93 Å². The fourth-order valence-corrected chi connectivity index (χ4v) is 3.81. The van der Waals surface area contributed by atoms with Gasteiger partial charge in [-0.25, -0.2) is 9.78 Å². The summed E-state index contributed by atoms with van der Waals surface area (Å²) < 4.78 is 0. The molecule has 0 aliphatic carbocycles. The Balaban J connectivity index is 2.79. The third kappa shape index (κ3) is 1.58. The molecule has 0 radical (unpaired) electrons. The number of carbonyl (C=O) groups excluding carboxylic acids is 1. The molecule has 1 aliphatic rings. The summed E-state index contributed by atoms with van der Waals surface area (Å²) >= 11 is 0. The SMILES string of the molecule is Cc1cc(O)nc2c1C(N)=C(C(=O)O)[SH]2C(N)=O. The Bertz CT molecular complexity index is 611. The first kappa shape index (κ1) is 12.2. The number of aromatic nitrogens is 1. The minimum absolute atomic E-state index is 0.00703. The molecule has 2 heterocycles. The second kappa shape index (κ2) is 3.91. The van der Waals surface area contributed by atoms with Crippen LogP contribution in [0.5, 0.6) is 5.88 Å². The van der Waals surface area contributed by atoms with Crippen molar-refractivity contribution in [3.8, 4) is 5.88 Å². The Labute approximate surface area is 104 Å². The minimum Gasteiger partial charge on any atom is -0.493 e. The quantitative estimate of drug-likeness (QED) is 0.463. The van der Waals surface area contributed by atoms with Gasteiger partial charge >= 0.3 is 5.97 Å². The number of pyridine rings is 1. The lowest BCUT2D eigenvalue weighted by Crippen LogP contribution is -2.14. The predicted molar refractivity (Wildman–Crippen MR) is 66.2 cm³/mol. The van der Waals surface area contributed by atoms with Gasteiger partial charge in [-0.15, -0.1) is 0 Å². The highest BCUT2D eigenvalue weighted by atomic mass is 32.2. The van der Waals surface area contributed by atoms with Crippen molar-refractivity contribution in [3.05, 3.63) is 22.1 Å². The van der Waals surface area contributed by atoms with Crippen LogP contribution in [-0.2, 0) is 4.79 Å². The number of carboxylic acids is 1. The molecule has 1 amide bonds. The van der Waals surface area contributed by atoms with Crippen LogP contribution in [0.4, 0.5) is 4.79 Å². The molecule has 1 atom stereocenters. The van der Waals surface area contributed by atoms with Gasteiger partial charge in [0.15, 0.2) is 0 Å². The molecule has 0 saturated carbocycles. The van der Waals surface area contributed by atoms with Gasteiger partial charge in [0.05, 0.1) is 5.70 Å². The minimum atomic E-state index is -1.97. The van der Waals surface area contributed by atoms with E-state index in [9.17, 15) is 14.7 Å². The second-order valence-corrected chi connectivity index (χ2v) is 5.72. The monoisotopic (exact) mass is 269 g/mol. The van der Waals surface area contributed by atoms with E-state index >= 15 is 0 Å². The molecule has 0 saturated heterocycles. The third-order valence-electron chi connectivity index (χ3n) is 2.57. The van der Waals surface area contributed by atoms with Crippen molar-refractivity contribution in [2.24, 2.45) is 11.5 Å². The third-order valence-corrected chi connectivity index (χ3v) is 4.63. The molecule has 7 nitrogen and oxygen atoms in total. The average molecular weight is 269 g/mol. The highest BCUT2D eigenvalue weighted by Crippen LogP contribution is 2.54. The summed E-state index contributed by atoms with van der Waals surface area (Å²) in [6.45, 7) is 1.65. The zero-order valence-corrected chi connectivity index (χ0v) is 10.2. The number of fused-ring (bicyclic) bond motifs is 1. The topological polar surface area (TPSA) is 140 Å². The lowest BCUT2D eigenvalue weighted by molar-refractivity contribution is -0.131. The van der Waals surface area contributed by atoms with E-state index in [1.54, 1.807) is 6.92 Å². The lowest BCUT2D eigenvalue weighted by atomic mass is 10.1. The van der Waals surface area contributed by atoms with Gasteiger partial charge in [-0.3, -0.25) is 4.79 Å². The van der Waals surface area contributed by atoms with Crippen molar-refractivity contribution in [1.29, 1.82) is 0 Å². The van der Waals surface area contributed by atoms with Crippen molar-refractivity contribution >= 4 is 27.8 Å². The number of hydrogen-bond donors (Lipinski definition) is 5. The molecule has 1 aromatic rings. The van der Waals surface area contributed by atoms with Crippen LogP contribution in [0.25, 0.3) is 5.70 Å². The fraction of sp³-hybridized carbons (Fsp3) is 0.100. The predicted octanol–water partition coefficient (Wildman–Crippen LogP) is 0.260.